The lowest BCUT2D eigenvalue weighted by Crippen LogP contribution is -2.02. The molecule has 2 rings (SSSR count). The van der Waals surface area contributed by atoms with Crippen molar-refractivity contribution in [2.45, 2.75) is 13.8 Å². The molecule has 6 heteroatoms. The summed E-state index contributed by atoms with van der Waals surface area (Å²) in [5.41, 5.74) is 1.28. The van der Waals surface area contributed by atoms with E-state index in [1.807, 2.05) is 6.92 Å². The van der Waals surface area contributed by atoms with E-state index < -0.39 is 4.92 Å². The summed E-state index contributed by atoms with van der Waals surface area (Å²) in [6.45, 7) is 4.08. The van der Waals surface area contributed by atoms with Crippen LogP contribution in [-0.2, 0) is 0 Å². The molecule has 0 atom stereocenters. The van der Waals surface area contributed by atoms with Gasteiger partial charge >= 0.3 is 0 Å². The summed E-state index contributed by atoms with van der Waals surface area (Å²) in [7, 11) is 0. The second-order valence-electron chi connectivity index (χ2n) is 4.30. The minimum atomic E-state index is -0.485. The van der Waals surface area contributed by atoms with Crippen molar-refractivity contribution in [3.05, 3.63) is 51.8 Å². The molecule has 1 N–H and O–H groups in total. The van der Waals surface area contributed by atoms with Crippen molar-refractivity contribution < 1.29 is 9.31 Å². The predicted octanol–water partition coefficient (Wildman–Crippen LogP) is 3.54. The van der Waals surface area contributed by atoms with E-state index in [1.54, 1.807) is 19.1 Å². The van der Waals surface area contributed by atoms with Gasteiger partial charge in [0, 0.05) is 18.2 Å². The number of hydrogen-bond donors (Lipinski definition) is 1. The number of rotatable bonds is 4. The first-order valence-electron chi connectivity index (χ1n) is 6.18. The van der Waals surface area contributed by atoms with Crippen molar-refractivity contribution in [1.82, 2.24) is 4.98 Å². The van der Waals surface area contributed by atoms with E-state index in [0.29, 0.717) is 29.2 Å². The van der Waals surface area contributed by atoms with E-state index in [9.17, 15) is 14.5 Å². The van der Waals surface area contributed by atoms with Gasteiger partial charge in [0.2, 0.25) is 0 Å². The van der Waals surface area contributed by atoms with E-state index in [0.717, 1.165) is 0 Å². The van der Waals surface area contributed by atoms with Gasteiger partial charge in [0.1, 0.15) is 11.6 Å². The number of pyridine rings is 1. The second kappa shape index (κ2) is 5.64. The zero-order valence-corrected chi connectivity index (χ0v) is 11.2. The fraction of sp³-hybridized carbons (Fsp3) is 0.214. The Morgan fingerprint density at radius 2 is 2.15 bits per heavy atom. The molecular formula is C14H14FN3O2. The zero-order chi connectivity index (χ0) is 14.7. The van der Waals surface area contributed by atoms with Gasteiger partial charge in [-0.3, -0.25) is 10.1 Å². The highest BCUT2D eigenvalue weighted by Gasteiger charge is 2.14. The Morgan fingerprint density at radius 1 is 1.40 bits per heavy atom. The Labute approximate surface area is 115 Å². The van der Waals surface area contributed by atoms with Crippen molar-refractivity contribution in [3.63, 3.8) is 0 Å². The average molecular weight is 275 g/mol. The van der Waals surface area contributed by atoms with Crippen LogP contribution >= 0.6 is 0 Å². The monoisotopic (exact) mass is 275 g/mol. The lowest BCUT2D eigenvalue weighted by molar-refractivity contribution is -0.384. The largest absolute Gasteiger partial charge is 0.370 e. The zero-order valence-electron chi connectivity index (χ0n) is 11.2. The predicted molar refractivity (Wildman–Crippen MR) is 75.2 cm³/mol. The van der Waals surface area contributed by atoms with Crippen molar-refractivity contribution >= 4 is 11.5 Å². The van der Waals surface area contributed by atoms with E-state index in [4.69, 9.17) is 0 Å². The molecule has 1 heterocycles. The van der Waals surface area contributed by atoms with Gasteiger partial charge in [0.25, 0.3) is 5.69 Å². The van der Waals surface area contributed by atoms with Crippen molar-refractivity contribution in [1.29, 1.82) is 0 Å². The molecule has 0 aliphatic rings. The highest BCUT2D eigenvalue weighted by atomic mass is 19.1. The van der Waals surface area contributed by atoms with Crippen LogP contribution in [0.2, 0.25) is 0 Å². The molecule has 0 bridgehead atoms. The van der Waals surface area contributed by atoms with E-state index >= 15 is 0 Å². The Morgan fingerprint density at radius 3 is 2.80 bits per heavy atom. The Balaban J connectivity index is 2.60. The quantitative estimate of drug-likeness (QED) is 0.684. The molecular weight excluding hydrogens is 261 g/mol. The Hall–Kier alpha value is -2.50. The fourth-order valence-electron chi connectivity index (χ4n) is 1.92. The topological polar surface area (TPSA) is 68.1 Å². The average Bonchev–Trinajstić information content (AvgIpc) is 2.42. The van der Waals surface area contributed by atoms with Crippen LogP contribution in [0.5, 0.6) is 0 Å². The van der Waals surface area contributed by atoms with E-state index in [-0.39, 0.29) is 11.5 Å². The number of halogens is 1. The van der Waals surface area contributed by atoms with Gasteiger partial charge in [-0.1, -0.05) is 12.1 Å². The number of nitro groups is 1. The van der Waals surface area contributed by atoms with E-state index in [2.05, 4.69) is 10.3 Å². The number of nitrogens with zero attached hydrogens (tertiary/aromatic N) is 2. The van der Waals surface area contributed by atoms with Crippen molar-refractivity contribution in [2.75, 3.05) is 11.9 Å². The first-order valence-corrected chi connectivity index (χ1v) is 6.18. The number of hydrogen-bond acceptors (Lipinski definition) is 4. The molecule has 0 saturated carbocycles. The van der Waals surface area contributed by atoms with Gasteiger partial charge in [0.05, 0.1) is 16.7 Å². The van der Waals surface area contributed by atoms with Gasteiger partial charge in [-0.05, 0) is 25.5 Å². The summed E-state index contributed by atoms with van der Waals surface area (Å²) in [6, 6.07) is 7.32. The van der Waals surface area contributed by atoms with Crippen LogP contribution in [0.15, 0.2) is 30.3 Å². The number of anilines is 1. The number of aromatic nitrogens is 1. The molecule has 0 fully saturated rings. The summed E-state index contributed by atoms with van der Waals surface area (Å²) in [5, 5.41) is 13.9. The van der Waals surface area contributed by atoms with Crippen LogP contribution in [0.3, 0.4) is 0 Å². The van der Waals surface area contributed by atoms with Gasteiger partial charge in [-0.15, -0.1) is 0 Å². The second-order valence-corrected chi connectivity index (χ2v) is 4.30. The summed E-state index contributed by atoms with van der Waals surface area (Å²) < 4.78 is 13.6. The highest BCUT2D eigenvalue weighted by Crippen LogP contribution is 2.28. The van der Waals surface area contributed by atoms with Crippen LogP contribution in [0, 0.1) is 22.9 Å². The van der Waals surface area contributed by atoms with Crippen LogP contribution < -0.4 is 5.32 Å². The maximum absolute atomic E-state index is 13.6. The number of benzene rings is 1. The third-order valence-corrected chi connectivity index (χ3v) is 2.92. The molecule has 5 nitrogen and oxygen atoms in total. The summed E-state index contributed by atoms with van der Waals surface area (Å²) in [4.78, 5) is 14.8. The molecule has 0 spiro atoms. The lowest BCUT2D eigenvalue weighted by atomic mass is 10.0. The molecule has 0 radical (unpaired) electrons. The summed E-state index contributed by atoms with van der Waals surface area (Å²) in [6.07, 6.45) is 0. The normalized spacial score (nSPS) is 10.3. The first kappa shape index (κ1) is 13.9. The molecule has 20 heavy (non-hydrogen) atoms. The molecule has 0 unspecified atom stereocenters. The molecule has 2 aromatic rings. The van der Waals surface area contributed by atoms with Gasteiger partial charge < -0.3 is 5.32 Å². The molecule has 0 aliphatic carbocycles. The third kappa shape index (κ3) is 2.74. The van der Waals surface area contributed by atoms with Crippen LogP contribution in [0.4, 0.5) is 15.9 Å². The smallest absolute Gasteiger partial charge is 0.275 e. The van der Waals surface area contributed by atoms with Gasteiger partial charge in [0.15, 0.2) is 0 Å². The Bertz CT molecular complexity index is 659. The van der Waals surface area contributed by atoms with Crippen molar-refractivity contribution in [2.24, 2.45) is 0 Å². The lowest BCUT2D eigenvalue weighted by Gasteiger charge is -2.09. The fourth-order valence-corrected chi connectivity index (χ4v) is 1.92. The third-order valence-electron chi connectivity index (χ3n) is 2.92. The van der Waals surface area contributed by atoms with E-state index in [1.165, 1.54) is 18.2 Å². The molecule has 0 saturated heterocycles. The van der Waals surface area contributed by atoms with Crippen LogP contribution in [-0.4, -0.2) is 16.5 Å². The minimum Gasteiger partial charge on any atom is -0.370 e. The van der Waals surface area contributed by atoms with Crippen LogP contribution in [0.25, 0.3) is 11.3 Å². The standard InChI is InChI=1S/C14H14FN3O2/c1-3-16-14-8-10(18(19)20)7-13(17-14)11-5-4-6-12(15)9(11)2/h4-8H,3H2,1-2H3,(H,16,17). The van der Waals surface area contributed by atoms with Gasteiger partial charge in [-0.25, -0.2) is 9.37 Å². The molecule has 1 aromatic carbocycles. The SMILES string of the molecule is CCNc1cc([N+](=O)[O-])cc(-c2cccc(F)c2C)n1. The summed E-state index contributed by atoms with van der Waals surface area (Å²) >= 11 is 0. The summed E-state index contributed by atoms with van der Waals surface area (Å²) in [5.74, 6) is 0.0427. The Kier molecular flexibility index (Phi) is 3.93. The maximum Gasteiger partial charge on any atom is 0.275 e. The first-order chi connectivity index (χ1) is 9.52. The maximum atomic E-state index is 13.6. The minimum absolute atomic E-state index is 0.0744. The van der Waals surface area contributed by atoms with Gasteiger partial charge in [-0.2, -0.15) is 0 Å². The van der Waals surface area contributed by atoms with Crippen LogP contribution in [0.1, 0.15) is 12.5 Å². The molecule has 0 aliphatic heterocycles. The molecule has 1 aromatic heterocycles. The highest BCUT2D eigenvalue weighted by molar-refractivity contribution is 5.68. The van der Waals surface area contributed by atoms with Crippen molar-refractivity contribution in [3.8, 4) is 11.3 Å². The molecule has 0 amide bonds. The number of nitrogens with one attached hydrogen (secondary N) is 1. The molecule has 104 valence electrons.